The van der Waals surface area contributed by atoms with Crippen molar-refractivity contribution in [2.45, 2.75) is 0 Å². The molecule has 142 valence electrons. The van der Waals surface area contributed by atoms with E-state index >= 15 is 0 Å². The van der Waals surface area contributed by atoms with Crippen molar-refractivity contribution in [2.24, 2.45) is 0 Å². The van der Waals surface area contributed by atoms with Gasteiger partial charge in [-0.3, -0.25) is 4.98 Å². The van der Waals surface area contributed by atoms with E-state index in [1.165, 1.54) is 24.4 Å². The molecule has 0 aliphatic carbocycles. The molecule has 4 rings (SSSR count). The number of aromatic nitrogens is 1. The molecule has 28 heavy (non-hydrogen) atoms. The highest BCUT2D eigenvalue weighted by atomic mass is 35.5. The summed E-state index contributed by atoms with van der Waals surface area (Å²) in [5, 5.41) is 3.27. The number of rotatable bonds is 3. The number of nitrogens with zero attached hydrogens (tertiary/aromatic N) is 1. The third-order valence-corrected chi connectivity index (χ3v) is 4.40. The van der Waals surface area contributed by atoms with Crippen molar-refractivity contribution in [3.05, 3.63) is 70.9 Å². The van der Waals surface area contributed by atoms with E-state index in [-0.39, 0.29) is 27.7 Å². The van der Waals surface area contributed by atoms with E-state index in [9.17, 15) is 17.6 Å². The summed E-state index contributed by atoms with van der Waals surface area (Å²) >= 11 is 5.77. The summed E-state index contributed by atoms with van der Waals surface area (Å²) in [6.45, 7) is 0. The molecule has 0 aliphatic heterocycles. The van der Waals surface area contributed by atoms with Gasteiger partial charge in [-0.25, -0.2) is 17.6 Å². The van der Waals surface area contributed by atoms with Crippen molar-refractivity contribution in [1.82, 2.24) is 4.98 Å². The third kappa shape index (κ3) is 2.91. The number of nitrogen functional groups attached to an aromatic ring is 1. The van der Waals surface area contributed by atoms with Crippen LogP contribution in [0, 0.1) is 23.3 Å². The van der Waals surface area contributed by atoms with Crippen molar-refractivity contribution in [2.75, 3.05) is 11.1 Å². The summed E-state index contributed by atoms with van der Waals surface area (Å²) < 4.78 is 59.9. The molecule has 3 N–H and O–H groups in total. The quantitative estimate of drug-likeness (QED) is 0.321. The smallest absolute Gasteiger partial charge is 0.215 e. The summed E-state index contributed by atoms with van der Waals surface area (Å²) in [6.07, 6.45) is 1.34. The van der Waals surface area contributed by atoms with Crippen LogP contribution < -0.4 is 11.1 Å². The minimum atomic E-state index is -1.62. The first kappa shape index (κ1) is 18.1. The molecular formula is C19H10ClF4N3O. The minimum Gasteiger partial charge on any atom is -0.436 e. The predicted molar refractivity (Wildman–Crippen MR) is 98.4 cm³/mol. The van der Waals surface area contributed by atoms with Crippen LogP contribution in [0.25, 0.3) is 22.2 Å². The summed E-state index contributed by atoms with van der Waals surface area (Å²) in [7, 11) is 0. The van der Waals surface area contributed by atoms with E-state index in [0.717, 1.165) is 12.1 Å². The van der Waals surface area contributed by atoms with Crippen LogP contribution in [0.15, 0.2) is 47.0 Å². The highest BCUT2D eigenvalue weighted by molar-refractivity contribution is 6.31. The molecule has 0 saturated carbocycles. The molecule has 0 bridgehead atoms. The lowest BCUT2D eigenvalue weighted by Crippen LogP contribution is -1.96. The largest absolute Gasteiger partial charge is 0.436 e. The number of furan rings is 1. The van der Waals surface area contributed by atoms with Gasteiger partial charge in [0.1, 0.15) is 17.2 Å². The van der Waals surface area contributed by atoms with Crippen LogP contribution in [0.3, 0.4) is 0 Å². The van der Waals surface area contributed by atoms with Crippen LogP contribution in [0.5, 0.6) is 0 Å². The number of benzene rings is 2. The number of nitrogens with one attached hydrogen (secondary N) is 1. The van der Waals surface area contributed by atoms with Gasteiger partial charge in [0.2, 0.25) is 5.88 Å². The van der Waals surface area contributed by atoms with Crippen molar-refractivity contribution < 1.29 is 22.0 Å². The molecule has 0 saturated heterocycles. The summed E-state index contributed by atoms with van der Waals surface area (Å²) in [4.78, 5) is 4.02. The van der Waals surface area contributed by atoms with Crippen LogP contribution in [-0.4, -0.2) is 4.98 Å². The molecule has 0 atom stereocenters. The van der Waals surface area contributed by atoms with Gasteiger partial charge in [-0.1, -0.05) is 11.6 Å². The van der Waals surface area contributed by atoms with E-state index < -0.39 is 23.3 Å². The second-order valence-electron chi connectivity index (χ2n) is 5.85. The van der Waals surface area contributed by atoms with Gasteiger partial charge >= 0.3 is 0 Å². The normalized spacial score (nSPS) is 11.2. The maximum absolute atomic E-state index is 14.2. The van der Waals surface area contributed by atoms with Crippen molar-refractivity contribution >= 4 is 39.8 Å². The van der Waals surface area contributed by atoms with Gasteiger partial charge in [-0.05, 0) is 36.4 Å². The number of fused-ring (bicyclic) bond motifs is 1. The molecule has 0 fully saturated rings. The van der Waals surface area contributed by atoms with Gasteiger partial charge in [-0.2, -0.15) is 0 Å². The Hall–Kier alpha value is -3.26. The second kappa shape index (κ2) is 6.72. The number of anilines is 3. The first-order chi connectivity index (χ1) is 13.4. The van der Waals surface area contributed by atoms with E-state index in [1.807, 2.05) is 0 Å². The van der Waals surface area contributed by atoms with Crippen LogP contribution in [0.2, 0.25) is 5.02 Å². The molecular weight excluding hydrogens is 398 g/mol. The number of halogens is 5. The van der Waals surface area contributed by atoms with E-state index in [2.05, 4.69) is 10.3 Å². The second-order valence-corrected chi connectivity index (χ2v) is 6.26. The molecule has 4 nitrogen and oxygen atoms in total. The van der Waals surface area contributed by atoms with Gasteiger partial charge in [0.15, 0.2) is 23.0 Å². The molecule has 4 aromatic rings. The van der Waals surface area contributed by atoms with Gasteiger partial charge in [-0.15, -0.1) is 0 Å². The Labute approximate surface area is 160 Å². The number of pyridine rings is 1. The third-order valence-electron chi connectivity index (χ3n) is 4.11. The Morgan fingerprint density at radius 2 is 1.71 bits per heavy atom. The fourth-order valence-corrected chi connectivity index (χ4v) is 2.97. The molecule has 0 aliphatic rings. The SMILES string of the molecule is Nc1oc2c(-c3ccc(F)c(F)c3F)nccc2c1Nc1ccc(F)c(Cl)c1. The lowest BCUT2D eigenvalue weighted by molar-refractivity contribution is 0.448. The van der Waals surface area contributed by atoms with Crippen LogP contribution in [0.4, 0.5) is 34.8 Å². The Balaban J connectivity index is 1.86. The summed E-state index contributed by atoms with van der Waals surface area (Å²) in [6, 6.07) is 7.36. The Kier molecular flexibility index (Phi) is 4.35. The van der Waals surface area contributed by atoms with Gasteiger partial charge in [0.25, 0.3) is 0 Å². The summed E-state index contributed by atoms with van der Waals surface area (Å²) in [5.41, 5.74) is 6.39. The van der Waals surface area contributed by atoms with Gasteiger partial charge < -0.3 is 15.5 Å². The highest BCUT2D eigenvalue weighted by Crippen LogP contribution is 2.40. The van der Waals surface area contributed by atoms with Crippen LogP contribution in [0.1, 0.15) is 0 Å². The Morgan fingerprint density at radius 1 is 0.964 bits per heavy atom. The van der Waals surface area contributed by atoms with Gasteiger partial charge in [0, 0.05) is 17.4 Å². The van der Waals surface area contributed by atoms with Crippen molar-refractivity contribution in [3.63, 3.8) is 0 Å². The van der Waals surface area contributed by atoms with Crippen LogP contribution in [-0.2, 0) is 0 Å². The maximum atomic E-state index is 14.2. The van der Waals surface area contributed by atoms with Crippen molar-refractivity contribution in [3.8, 4) is 11.3 Å². The molecule has 2 heterocycles. The minimum absolute atomic E-state index is 0.0502. The molecule has 2 aromatic carbocycles. The molecule has 9 heteroatoms. The zero-order valence-electron chi connectivity index (χ0n) is 13.9. The maximum Gasteiger partial charge on any atom is 0.215 e. The van der Waals surface area contributed by atoms with E-state index in [1.54, 1.807) is 6.07 Å². The standard InChI is InChI=1S/C19H10ClF4N3O/c20-11-7-8(1-3-12(11)21)27-17-10-5-6-26-16(18(10)28-19(17)25)9-2-4-13(22)15(24)14(9)23/h1-7,27H,25H2. The van der Waals surface area contributed by atoms with Gasteiger partial charge in [0.05, 0.1) is 10.4 Å². The van der Waals surface area contributed by atoms with E-state index in [4.69, 9.17) is 21.8 Å². The zero-order chi connectivity index (χ0) is 20.0. The number of hydrogen-bond acceptors (Lipinski definition) is 4. The average molecular weight is 408 g/mol. The predicted octanol–water partition coefficient (Wildman–Crippen LogP) is 6.03. The lowest BCUT2D eigenvalue weighted by atomic mass is 10.1. The lowest BCUT2D eigenvalue weighted by Gasteiger charge is -2.07. The Bertz CT molecular complexity index is 1230. The molecule has 0 amide bonds. The van der Waals surface area contributed by atoms with E-state index in [0.29, 0.717) is 16.8 Å². The first-order valence-corrected chi connectivity index (χ1v) is 8.27. The highest BCUT2D eigenvalue weighted by Gasteiger charge is 2.22. The monoisotopic (exact) mass is 407 g/mol. The molecule has 0 spiro atoms. The molecule has 0 radical (unpaired) electrons. The molecule has 2 aromatic heterocycles. The number of nitrogens with two attached hydrogens (primary N) is 1. The number of hydrogen-bond donors (Lipinski definition) is 2. The topological polar surface area (TPSA) is 64.1 Å². The molecule has 0 unspecified atom stereocenters. The van der Waals surface area contributed by atoms with Crippen molar-refractivity contribution in [1.29, 1.82) is 0 Å². The summed E-state index contributed by atoms with van der Waals surface area (Å²) in [5.74, 6) is -4.97. The fourth-order valence-electron chi connectivity index (χ4n) is 2.79. The van der Waals surface area contributed by atoms with Crippen LogP contribution >= 0.6 is 11.6 Å². The fraction of sp³-hybridized carbons (Fsp3) is 0. The Morgan fingerprint density at radius 3 is 2.46 bits per heavy atom. The zero-order valence-corrected chi connectivity index (χ0v) is 14.6. The first-order valence-electron chi connectivity index (χ1n) is 7.89. The average Bonchev–Trinajstić information content (AvgIpc) is 2.99.